The van der Waals surface area contributed by atoms with Crippen molar-refractivity contribution in [2.75, 3.05) is 13.1 Å². The summed E-state index contributed by atoms with van der Waals surface area (Å²) in [6, 6.07) is 4.26. The van der Waals surface area contributed by atoms with E-state index < -0.39 is 0 Å². The van der Waals surface area contributed by atoms with Crippen molar-refractivity contribution in [3.63, 3.8) is 0 Å². The summed E-state index contributed by atoms with van der Waals surface area (Å²) >= 11 is 5.26. The Balaban J connectivity index is 2.10. The van der Waals surface area contributed by atoms with Gasteiger partial charge in [0.25, 0.3) is 0 Å². The van der Waals surface area contributed by atoms with Gasteiger partial charge in [0.05, 0.1) is 3.79 Å². The average Bonchev–Trinajstić information content (AvgIpc) is 2.61. The Morgan fingerprint density at radius 3 is 2.93 bits per heavy atom. The van der Waals surface area contributed by atoms with E-state index in [2.05, 4.69) is 40.3 Å². The molecule has 0 aromatic carbocycles. The van der Waals surface area contributed by atoms with Crippen LogP contribution in [0.3, 0.4) is 0 Å². The Morgan fingerprint density at radius 1 is 1.53 bits per heavy atom. The number of hydrogen-bond donors (Lipinski definition) is 2. The molecule has 0 spiro atoms. The molecule has 1 rings (SSSR count). The summed E-state index contributed by atoms with van der Waals surface area (Å²) < 4.78 is 1.20. The summed E-state index contributed by atoms with van der Waals surface area (Å²) in [4.78, 5) is 1.38. The minimum absolute atomic E-state index is 0.719. The molecule has 0 aliphatic rings. The van der Waals surface area contributed by atoms with Crippen LogP contribution in [-0.4, -0.2) is 13.1 Å². The molecule has 0 saturated heterocycles. The number of halogens is 1. The van der Waals surface area contributed by atoms with E-state index in [0.29, 0.717) is 0 Å². The van der Waals surface area contributed by atoms with Gasteiger partial charge in [-0.15, -0.1) is 11.3 Å². The van der Waals surface area contributed by atoms with Crippen molar-refractivity contribution in [2.24, 2.45) is 11.7 Å². The first-order valence-electron chi connectivity index (χ1n) is 5.37. The molecule has 1 aromatic rings. The average molecular weight is 291 g/mol. The Hall–Kier alpha value is 0.1000. The van der Waals surface area contributed by atoms with Gasteiger partial charge in [0.15, 0.2) is 0 Å². The Kier molecular flexibility index (Phi) is 6.48. The molecule has 4 heteroatoms. The zero-order chi connectivity index (χ0) is 11.1. The van der Waals surface area contributed by atoms with E-state index in [0.717, 1.165) is 32.0 Å². The van der Waals surface area contributed by atoms with Gasteiger partial charge in [-0.1, -0.05) is 6.92 Å². The lowest BCUT2D eigenvalue weighted by Gasteiger charge is -2.11. The third-order valence-corrected chi connectivity index (χ3v) is 3.95. The van der Waals surface area contributed by atoms with E-state index in [4.69, 9.17) is 5.73 Å². The molecule has 1 aromatic heterocycles. The highest BCUT2D eigenvalue weighted by Crippen LogP contribution is 2.21. The summed E-state index contributed by atoms with van der Waals surface area (Å²) in [6.45, 7) is 5.13. The predicted molar refractivity (Wildman–Crippen MR) is 71.2 cm³/mol. The Bertz CT molecular complexity index is 275. The maximum Gasteiger partial charge on any atom is 0.0701 e. The zero-order valence-corrected chi connectivity index (χ0v) is 11.5. The van der Waals surface area contributed by atoms with Crippen LogP contribution in [0.1, 0.15) is 24.6 Å². The van der Waals surface area contributed by atoms with Crippen LogP contribution in [0.5, 0.6) is 0 Å². The van der Waals surface area contributed by atoms with Crippen LogP contribution in [0.25, 0.3) is 0 Å². The van der Waals surface area contributed by atoms with Gasteiger partial charge in [-0.05, 0) is 59.9 Å². The van der Waals surface area contributed by atoms with Crippen molar-refractivity contribution < 1.29 is 0 Å². The topological polar surface area (TPSA) is 38.0 Å². The van der Waals surface area contributed by atoms with Crippen LogP contribution >= 0.6 is 27.3 Å². The summed E-state index contributed by atoms with van der Waals surface area (Å²) in [6.07, 6.45) is 2.35. The molecule has 0 aliphatic heterocycles. The number of hydrogen-bond acceptors (Lipinski definition) is 3. The second-order valence-corrected chi connectivity index (χ2v) is 6.42. The molecule has 2 nitrogen and oxygen atoms in total. The molecule has 0 aliphatic carbocycles. The number of thiophene rings is 1. The van der Waals surface area contributed by atoms with Crippen molar-refractivity contribution in [3.8, 4) is 0 Å². The number of rotatable bonds is 7. The highest BCUT2D eigenvalue weighted by Gasteiger charge is 2.02. The molecule has 3 N–H and O–H groups in total. The van der Waals surface area contributed by atoms with Crippen molar-refractivity contribution >= 4 is 27.3 Å². The summed E-state index contributed by atoms with van der Waals surface area (Å²) in [5.41, 5.74) is 5.48. The van der Waals surface area contributed by atoms with Gasteiger partial charge in [-0.2, -0.15) is 0 Å². The molecule has 0 saturated carbocycles. The first-order valence-corrected chi connectivity index (χ1v) is 6.98. The third-order valence-electron chi connectivity index (χ3n) is 2.32. The minimum atomic E-state index is 0.719. The fourth-order valence-corrected chi connectivity index (χ4v) is 2.91. The van der Waals surface area contributed by atoms with Crippen LogP contribution < -0.4 is 11.1 Å². The summed E-state index contributed by atoms with van der Waals surface area (Å²) in [5, 5.41) is 3.47. The molecule has 86 valence electrons. The van der Waals surface area contributed by atoms with Crippen LogP contribution in [0.4, 0.5) is 0 Å². The number of nitrogens with one attached hydrogen (secondary N) is 1. The van der Waals surface area contributed by atoms with Gasteiger partial charge in [-0.25, -0.2) is 0 Å². The second kappa shape index (κ2) is 7.39. The molecule has 1 unspecified atom stereocenters. The van der Waals surface area contributed by atoms with Gasteiger partial charge in [0, 0.05) is 11.4 Å². The molecule has 0 fully saturated rings. The van der Waals surface area contributed by atoms with Gasteiger partial charge in [-0.3, -0.25) is 0 Å². The van der Waals surface area contributed by atoms with Crippen LogP contribution in [0.2, 0.25) is 0 Å². The van der Waals surface area contributed by atoms with Crippen LogP contribution in [0, 0.1) is 5.92 Å². The Morgan fingerprint density at radius 2 is 2.33 bits per heavy atom. The lowest BCUT2D eigenvalue weighted by molar-refractivity contribution is 0.470. The lowest BCUT2D eigenvalue weighted by Crippen LogP contribution is -2.20. The smallest absolute Gasteiger partial charge is 0.0701 e. The highest BCUT2D eigenvalue weighted by atomic mass is 79.9. The first kappa shape index (κ1) is 13.2. The lowest BCUT2D eigenvalue weighted by atomic mass is 10.1. The predicted octanol–water partition coefficient (Wildman–Crippen LogP) is 2.98. The molecular formula is C11H19BrN2S. The quantitative estimate of drug-likeness (QED) is 0.810. The van der Waals surface area contributed by atoms with Gasteiger partial charge in [0.2, 0.25) is 0 Å². The number of nitrogens with two attached hydrogens (primary N) is 1. The molecule has 0 amide bonds. The van der Waals surface area contributed by atoms with E-state index in [1.807, 2.05) is 0 Å². The van der Waals surface area contributed by atoms with Crippen molar-refractivity contribution in [1.82, 2.24) is 5.32 Å². The maximum absolute atomic E-state index is 5.48. The van der Waals surface area contributed by atoms with Crippen LogP contribution in [-0.2, 0) is 6.54 Å². The van der Waals surface area contributed by atoms with E-state index in [1.54, 1.807) is 11.3 Å². The Labute approximate surface area is 104 Å². The molecule has 15 heavy (non-hydrogen) atoms. The SMILES string of the molecule is CC(CCCN)CNCc1ccc(Br)s1. The molecule has 0 bridgehead atoms. The zero-order valence-electron chi connectivity index (χ0n) is 9.13. The normalized spacial score (nSPS) is 13.0. The van der Waals surface area contributed by atoms with Gasteiger partial charge in [0.1, 0.15) is 0 Å². The van der Waals surface area contributed by atoms with E-state index in [9.17, 15) is 0 Å². The van der Waals surface area contributed by atoms with Crippen molar-refractivity contribution in [3.05, 3.63) is 20.8 Å². The maximum atomic E-state index is 5.48. The highest BCUT2D eigenvalue weighted by molar-refractivity contribution is 9.11. The van der Waals surface area contributed by atoms with E-state index in [-0.39, 0.29) is 0 Å². The first-order chi connectivity index (χ1) is 7.22. The monoisotopic (exact) mass is 290 g/mol. The van der Waals surface area contributed by atoms with E-state index >= 15 is 0 Å². The largest absolute Gasteiger partial charge is 0.330 e. The molecule has 1 heterocycles. The molecule has 1 atom stereocenters. The van der Waals surface area contributed by atoms with E-state index in [1.165, 1.54) is 15.1 Å². The third kappa shape index (κ3) is 5.66. The fraction of sp³-hybridized carbons (Fsp3) is 0.636. The minimum Gasteiger partial charge on any atom is -0.330 e. The fourth-order valence-electron chi connectivity index (χ4n) is 1.46. The van der Waals surface area contributed by atoms with Crippen molar-refractivity contribution in [2.45, 2.75) is 26.3 Å². The summed E-state index contributed by atoms with van der Waals surface area (Å²) in [7, 11) is 0. The van der Waals surface area contributed by atoms with Gasteiger partial charge >= 0.3 is 0 Å². The molecule has 0 radical (unpaired) electrons. The second-order valence-electron chi connectivity index (χ2n) is 3.87. The standard InChI is InChI=1S/C11H19BrN2S/c1-9(3-2-6-13)7-14-8-10-4-5-11(12)15-10/h4-5,9,14H,2-3,6-8,13H2,1H3. The van der Waals surface area contributed by atoms with Crippen molar-refractivity contribution in [1.29, 1.82) is 0 Å². The molecular weight excluding hydrogens is 272 g/mol. The van der Waals surface area contributed by atoms with Crippen LogP contribution in [0.15, 0.2) is 15.9 Å². The summed E-state index contributed by atoms with van der Waals surface area (Å²) in [5.74, 6) is 0.719. The van der Waals surface area contributed by atoms with Gasteiger partial charge < -0.3 is 11.1 Å².